The lowest BCUT2D eigenvalue weighted by molar-refractivity contribution is 0.157. The van der Waals surface area contributed by atoms with Gasteiger partial charge in [0, 0.05) is 13.7 Å². The molecule has 78 valence electrons. The highest BCUT2D eigenvalue weighted by Gasteiger charge is 2.50. The third-order valence-corrected chi connectivity index (χ3v) is 4.17. The highest BCUT2D eigenvalue weighted by molar-refractivity contribution is 5.11. The van der Waals surface area contributed by atoms with Gasteiger partial charge in [0.05, 0.1) is 11.5 Å². The average molecular weight is 193 g/mol. The number of hydrogen-bond acceptors (Lipinski definition) is 2. The molecule has 0 aliphatic heterocycles. The van der Waals surface area contributed by atoms with Gasteiger partial charge >= 0.3 is 0 Å². The van der Waals surface area contributed by atoms with Gasteiger partial charge < -0.3 is 4.74 Å². The molecule has 0 aromatic carbocycles. The predicted octanol–water partition coefficient (Wildman–Crippen LogP) is 2.74. The molecule has 3 atom stereocenters. The van der Waals surface area contributed by atoms with Gasteiger partial charge in [0.2, 0.25) is 0 Å². The fourth-order valence-electron chi connectivity index (χ4n) is 3.48. The van der Waals surface area contributed by atoms with E-state index in [-0.39, 0.29) is 5.41 Å². The molecule has 0 aromatic rings. The summed E-state index contributed by atoms with van der Waals surface area (Å²) in [6.07, 6.45) is 7.26. The number of ether oxygens (including phenoxy) is 1. The van der Waals surface area contributed by atoms with Crippen molar-refractivity contribution < 1.29 is 4.74 Å². The molecule has 2 aliphatic rings. The summed E-state index contributed by atoms with van der Waals surface area (Å²) < 4.78 is 5.06. The lowest BCUT2D eigenvalue weighted by Crippen LogP contribution is -2.26. The number of nitrogens with zero attached hydrogens (tertiary/aromatic N) is 1. The highest BCUT2D eigenvalue weighted by Crippen LogP contribution is 2.57. The van der Waals surface area contributed by atoms with Crippen LogP contribution in [0.25, 0.3) is 0 Å². The molecule has 2 aliphatic carbocycles. The third kappa shape index (κ3) is 1.54. The van der Waals surface area contributed by atoms with Crippen LogP contribution in [0, 0.1) is 28.6 Å². The van der Waals surface area contributed by atoms with Crippen LogP contribution < -0.4 is 0 Å². The molecule has 2 heteroatoms. The van der Waals surface area contributed by atoms with Gasteiger partial charge in [0.1, 0.15) is 0 Å². The van der Waals surface area contributed by atoms with Crippen LogP contribution in [0.4, 0.5) is 0 Å². The first-order valence-corrected chi connectivity index (χ1v) is 5.71. The SMILES string of the molecule is COCCCC1(C#N)CC2CCC1C2. The molecule has 2 rings (SSSR count). The Labute approximate surface area is 86.2 Å². The lowest BCUT2D eigenvalue weighted by Gasteiger charge is -2.30. The zero-order valence-electron chi connectivity index (χ0n) is 8.96. The predicted molar refractivity (Wildman–Crippen MR) is 54.6 cm³/mol. The van der Waals surface area contributed by atoms with Crippen LogP contribution in [0.1, 0.15) is 38.5 Å². The zero-order chi connectivity index (χ0) is 10.0. The quantitative estimate of drug-likeness (QED) is 0.643. The van der Waals surface area contributed by atoms with Gasteiger partial charge in [-0.05, 0) is 43.9 Å². The van der Waals surface area contributed by atoms with Gasteiger partial charge in [-0.2, -0.15) is 5.26 Å². The van der Waals surface area contributed by atoms with Crippen LogP contribution in [0.5, 0.6) is 0 Å². The van der Waals surface area contributed by atoms with E-state index >= 15 is 0 Å². The van der Waals surface area contributed by atoms with Gasteiger partial charge in [0.25, 0.3) is 0 Å². The Hall–Kier alpha value is -0.550. The van der Waals surface area contributed by atoms with Crippen molar-refractivity contribution in [3.63, 3.8) is 0 Å². The van der Waals surface area contributed by atoms with Crippen molar-refractivity contribution in [2.75, 3.05) is 13.7 Å². The van der Waals surface area contributed by atoms with Crippen molar-refractivity contribution in [3.8, 4) is 6.07 Å². The van der Waals surface area contributed by atoms with E-state index in [0.717, 1.165) is 31.8 Å². The number of nitriles is 1. The monoisotopic (exact) mass is 193 g/mol. The van der Waals surface area contributed by atoms with Crippen molar-refractivity contribution in [2.45, 2.75) is 38.5 Å². The van der Waals surface area contributed by atoms with Crippen molar-refractivity contribution in [3.05, 3.63) is 0 Å². The Morgan fingerprint density at radius 2 is 2.36 bits per heavy atom. The summed E-state index contributed by atoms with van der Waals surface area (Å²) >= 11 is 0. The first kappa shape index (κ1) is 9.98. The van der Waals surface area contributed by atoms with Crippen molar-refractivity contribution >= 4 is 0 Å². The Morgan fingerprint density at radius 3 is 2.86 bits per heavy atom. The van der Waals surface area contributed by atoms with Crippen LogP contribution in [0.3, 0.4) is 0 Å². The van der Waals surface area contributed by atoms with Gasteiger partial charge in [0.15, 0.2) is 0 Å². The fraction of sp³-hybridized carbons (Fsp3) is 0.917. The molecule has 2 saturated carbocycles. The molecule has 0 N–H and O–H groups in total. The van der Waals surface area contributed by atoms with Crippen LogP contribution >= 0.6 is 0 Å². The van der Waals surface area contributed by atoms with E-state index in [1.807, 2.05) is 0 Å². The maximum Gasteiger partial charge on any atom is 0.0692 e. The topological polar surface area (TPSA) is 33.0 Å². The Kier molecular flexibility index (Phi) is 2.78. The molecule has 0 amide bonds. The smallest absolute Gasteiger partial charge is 0.0692 e. The van der Waals surface area contributed by atoms with Crippen LogP contribution in [-0.2, 0) is 4.74 Å². The van der Waals surface area contributed by atoms with E-state index in [1.54, 1.807) is 7.11 Å². The van der Waals surface area contributed by atoms with E-state index in [1.165, 1.54) is 19.3 Å². The fourth-order valence-corrected chi connectivity index (χ4v) is 3.48. The Bertz CT molecular complexity index is 245. The normalized spacial score (nSPS) is 40.0. The van der Waals surface area contributed by atoms with E-state index in [2.05, 4.69) is 6.07 Å². The number of methoxy groups -OCH3 is 1. The molecule has 3 unspecified atom stereocenters. The Morgan fingerprint density at radius 1 is 1.50 bits per heavy atom. The van der Waals surface area contributed by atoms with Crippen molar-refractivity contribution in [1.29, 1.82) is 5.26 Å². The molecule has 0 aromatic heterocycles. The maximum absolute atomic E-state index is 9.35. The summed E-state index contributed by atoms with van der Waals surface area (Å²) in [6.45, 7) is 0.806. The van der Waals surface area contributed by atoms with Crippen molar-refractivity contribution in [2.24, 2.45) is 17.3 Å². The van der Waals surface area contributed by atoms with Crippen LogP contribution in [-0.4, -0.2) is 13.7 Å². The first-order chi connectivity index (χ1) is 6.80. The second-order valence-corrected chi connectivity index (χ2v) is 4.94. The van der Waals surface area contributed by atoms with Crippen molar-refractivity contribution in [1.82, 2.24) is 0 Å². The molecule has 0 heterocycles. The summed E-state index contributed by atoms with van der Waals surface area (Å²) in [7, 11) is 1.74. The summed E-state index contributed by atoms with van der Waals surface area (Å²) in [5.41, 5.74) is 0.0292. The molecule has 2 bridgehead atoms. The van der Waals surface area contributed by atoms with E-state index in [0.29, 0.717) is 5.92 Å². The first-order valence-electron chi connectivity index (χ1n) is 5.71. The largest absolute Gasteiger partial charge is 0.385 e. The highest BCUT2D eigenvalue weighted by atomic mass is 16.5. The number of hydrogen-bond donors (Lipinski definition) is 0. The average Bonchev–Trinajstić information content (AvgIpc) is 2.78. The van der Waals surface area contributed by atoms with Crippen LogP contribution in [0.15, 0.2) is 0 Å². The molecule has 0 saturated heterocycles. The third-order valence-electron chi connectivity index (χ3n) is 4.17. The van der Waals surface area contributed by atoms with Gasteiger partial charge in [-0.15, -0.1) is 0 Å². The maximum atomic E-state index is 9.35. The second-order valence-electron chi connectivity index (χ2n) is 4.94. The lowest BCUT2D eigenvalue weighted by atomic mass is 9.71. The molecular formula is C12H19NO. The summed E-state index contributed by atoms with van der Waals surface area (Å²) in [6, 6.07) is 2.61. The zero-order valence-corrected chi connectivity index (χ0v) is 8.96. The van der Waals surface area contributed by atoms with E-state index in [9.17, 15) is 5.26 Å². The van der Waals surface area contributed by atoms with E-state index < -0.39 is 0 Å². The minimum absolute atomic E-state index is 0.0292. The minimum atomic E-state index is 0.0292. The standard InChI is InChI=1S/C12H19NO/c1-14-6-2-5-12(9-13)8-10-3-4-11(12)7-10/h10-11H,2-8H2,1H3. The van der Waals surface area contributed by atoms with Gasteiger partial charge in [-0.3, -0.25) is 0 Å². The molecule has 0 radical (unpaired) electrons. The summed E-state index contributed by atoms with van der Waals surface area (Å²) in [4.78, 5) is 0. The van der Waals surface area contributed by atoms with E-state index in [4.69, 9.17) is 4.74 Å². The molecular weight excluding hydrogens is 174 g/mol. The number of fused-ring (bicyclic) bond motifs is 2. The van der Waals surface area contributed by atoms with Crippen LogP contribution in [0.2, 0.25) is 0 Å². The number of rotatable bonds is 4. The molecule has 14 heavy (non-hydrogen) atoms. The van der Waals surface area contributed by atoms with Gasteiger partial charge in [-0.25, -0.2) is 0 Å². The summed E-state index contributed by atoms with van der Waals surface area (Å²) in [5, 5.41) is 9.35. The molecule has 0 spiro atoms. The molecule has 2 fully saturated rings. The molecule has 2 nitrogen and oxygen atoms in total. The summed E-state index contributed by atoms with van der Waals surface area (Å²) in [5.74, 6) is 1.57. The minimum Gasteiger partial charge on any atom is -0.385 e. The second kappa shape index (κ2) is 3.90. The Balaban J connectivity index is 1.95. The van der Waals surface area contributed by atoms with Gasteiger partial charge in [-0.1, -0.05) is 6.42 Å².